The normalized spacial score (nSPS) is 13.8. The van der Waals surface area contributed by atoms with Gasteiger partial charge in [0.1, 0.15) is 0 Å². The fraction of sp³-hybridized carbons (Fsp3) is 0.118. The van der Waals surface area contributed by atoms with E-state index in [4.69, 9.17) is 22.0 Å². The number of nitrogens with zero attached hydrogens (tertiary/aromatic N) is 4. The van der Waals surface area contributed by atoms with E-state index < -0.39 is 31.2 Å². The molecule has 4 aromatic rings. The van der Waals surface area contributed by atoms with Crippen LogP contribution in [0.5, 0.6) is 0 Å². The van der Waals surface area contributed by atoms with Crippen LogP contribution in [0.15, 0.2) is 35.2 Å². The number of benzene rings is 2. The van der Waals surface area contributed by atoms with Gasteiger partial charge < -0.3 is 16.0 Å². The van der Waals surface area contributed by atoms with Gasteiger partial charge in [-0.2, -0.15) is 5.21 Å². The van der Waals surface area contributed by atoms with Crippen molar-refractivity contribution in [3.63, 3.8) is 0 Å². The molecule has 0 fully saturated rings. The van der Waals surface area contributed by atoms with Crippen LogP contribution >= 0.6 is 11.3 Å². The molecule has 16 heteroatoms. The first-order valence-corrected chi connectivity index (χ1v) is 12.6. The minimum absolute atomic E-state index is 0.0578. The largest absolute Gasteiger partial charge is 0.772 e. The predicted molar refractivity (Wildman–Crippen MR) is 121 cm³/mol. The molecule has 33 heavy (non-hydrogen) atoms. The summed E-state index contributed by atoms with van der Waals surface area (Å²) in [6.45, 7) is -0.382. The van der Waals surface area contributed by atoms with Gasteiger partial charge in [-0.05, 0) is 33.5 Å². The maximum absolute atomic E-state index is 12.7. The zero-order valence-electron chi connectivity index (χ0n) is 16.5. The zero-order valence-corrected chi connectivity index (χ0v) is 19.0. The number of thiazole rings is 1. The molecular weight excluding hydrogens is 490 g/mol. The Bertz CT molecular complexity index is 1500. The number of tetrazole rings is 1. The second-order valence-electron chi connectivity index (χ2n) is 6.76. The standard InChI is InChI=1S/C17H17N9O4S3/c18-6-11(32(27)28)9-5-4-7(12(14(9)33(21,29)30)16-23-25-26-24-16)8-2-1-3-10-13(8)22-17(31-10)15(19)20/h1-5,11H,6,18H2,(H3,19,20)(H,27,28)(H2,21,29,30)(H,23,24,25,26)/p-1. The number of hydrogen-bond acceptors (Lipinski definition) is 11. The Kier molecular flexibility index (Phi) is 6.04. The molecule has 2 unspecified atom stereocenters. The Morgan fingerprint density at radius 3 is 2.61 bits per heavy atom. The summed E-state index contributed by atoms with van der Waals surface area (Å²) in [5.41, 5.74) is 12.3. The van der Waals surface area contributed by atoms with Gasteiger partial charge in [0.05, 0.1) is 25.9 Å². The van der Waals surface area contributed by atoms with Crippen LogP contribution in [-0.4, -0.2) is 55.2 Å². The first-order valence-electron chi connectivity index (χ1n) is 9.09. The van der Waals surface area contributed by atoms with Crippen LogP contribution in [0.25, 0.3) is 32.7 Å². The van der Waals surface area contributed by atoms with E-state index in [1.165, 1.54) is 23.5 Å². The minimum Gasteiger partial charge on any atom is -0.772 e. The fourth-order valence-corrected chi connectivity index (χ4v) is 5.98. The summed E-state index contributed by atoms with van der Waals surface area (Å²) in [5.74, 6) is -0.341. The Balaban J connectivity index is 2.15. The van der Waals surface area contributed by atoms with E-state index in [9.17, 15) is 17.2 Å². The lowest BCUT2D eigenvalue weighted by atomic mass is 9.95. The lowest BCUT2D eigenvalue weighted by Gasteiger charge is -2.23. The number of aromatic amines is 1. The Morgan fingerprint density at radius 2 is 2.03 bits per heavy atom. The van der Waals surface area contributed by atoms with Crippen LogP contribution < -0.4 is 16.6 Å². The summed E-state index contributed by atoms with van der Waals surface area (Å²) in [6, 6.07) is 8.04. The number of aromatic nitrogens is 5. The Hall–Kier alpha value is -3.15. The highest BCUT2D eigenvalue weighted by atomic mass is 32.2. The lowest BCUT2D eigenvalue weighted by molar-refractivity contribution is 0.523. The second-order valence-corrected chi connectivity index (χ2v) is 10.4. The number of amidine groups is 1. The van der Waals surface area contributed by atoms with Crippen molar-refractivity contribution in [3.05, 3.63) is 40.9 Å². The minimum atomic E-state index is -4.49. The number of para-hydroxylation sites is 1. The molecule has 0 radical (unpaired) electrons. The lowest BCUT2D eigenvalue weighted by Crippen LogP contribution is -2.23. The summed E-state index contributed by atoms with van der Waals surface area (Å²) in [7, 11) is -4.49. The first-order chi connectivity index (χ1) is 15.6. The third-order valence-corrected chi connectivity index (χ3v) is 7.75. The second kappa shape index (κ2) is 8.65. The predicted octanol–water partition coefficient (Wildman–Crippen LogP) is -0.0462. The molecule has 2 heterocycles. The molecule has 0 amide bonds. The van der Waals surface area contributed by atoms with Crippen molar-refractivity contribution in [2.45, 2.75) is 10.1 Å². The summed E-state index contributed by atoms with van der Waals surface area (Å²) in [6.07, 6.45) is 0. The van der Waals surface area contributed by atoms with Gasteiger partial charge in [0.25, 0.3) is 0 Å². The zero-order chi connectivity index (χ0) is 23.9. The molecule has 0 aliphatic rings. The number of hydrogen-bond donors (Lipinski definition) is 5. The van der Waals surface area contributed by atoms with E-state index in [1.807, 2.05) is 0 Å². The number of nitrogens with one attached hydrogen (secondary N) is 2. The maximum atomic E-state index is 12.7. The molecule has 0 saturated heterocycles. The molecule has 2 aromatic carbocycles. The average Bonchev–Trinajstić information content (AvgIpc) is 3.42. The molecular formula is C17H16N9O4S3-. The van der Waals surface area contributed by atoms with E-state index in [-0.39, 0.29) is 34.3 Å². The van der Waals surface area contributed by atoms with E-state index in [2.05, 4.69) is 25.6 Å². The number of sulfonamides is 1. The number of H-pyrrole nitrogens is 1. The molecule has 172 valence electrons. The molecule has 0 aliphatic carbocycles. The fourth-order valence-electron chi connectivity index (χ4n) is 3.46. The smallest absolute Gasteiger partial charge is 0.239 e. The van der Waals surface area contributed by atoms with E-state index in [0.29, 0.717) is 21.3 Å². The third kappa shape index (κ3) is 4.14. The van der Waals surface area contributed by atoms with Crippen LogP contribution in [0.2, 0.25) is 0 Å². The van der Waals surface area contributed by atoms with Crippen LogP contribution in [0.3, 0.4) is 0 Å². The molecule has 0 aliphatic heterocycles. The molecule has 2 atom stereocenters. The molecule has 4 rings (SSSR count). The molecule has 8 N–H and O–H groups in total. The van der Waals surface area contributed by atoms with Gasteiger partial charge in [-0.25, -0.2) is 18.5 Å². The van der Waals surface area contributed by atoms with Gasteiger partial charge in [-0.15, -0.1) is 21.5 Å². The van der Waals surface area contributed by atoms with E-state index >= 15 is 0 Å². The van der Waals surface area contributed by atoms with Crippen molar-refractivity contribution in [2.24, 2.45) is 16.6 Å². The van der Waals surface area contributed by atoms with Crippen LogP contribution in [0, 0.1) is 5.41 Å². The molecule has 2 aromatic heterocycles. The summed E-state index contributed by atoms with van der Waals surface area (Å²) >= 11 is -1.55. The number of nitrogen functional groups attached to an aromatic ring is 1. The number of fused-ring (bicyclic) bond motifs is 1. The van der Waals surface area contributed by atoms with Gasteiger partial charge in [0, 0.05) is 12.1 Å². The van der Waals surface area contributed by atoms with Crippen molar-refractivity contribution >= 4 is 48.5 Å². The summed E-state index contributed by atoms with van der Waals surface area (Å²) in [5, 5.41) is 25.7. The van der Waals surface area contributed by atoms with Crippen LogP contribution in [-0.2, 0) is 21.1 Å². The summed E-state index contributed by atoms with van der Waals surface area (Å²) < 4.78 is 49.8. The molecule has 13 nitrogen and oxygen atoms in total. The highest BCUT2D eigenvalue weighted by Crippen LogP contribution is 2.42. The first kappa shape index (κ1) is 23.0. The van der Waals surface area contributed by atoms with Crippen LogP contribution in [0.1, 0.15) is 15.8 Å². The van der Waals surface area contributed by atoms with Crippen molar-refractivity contribution < 1.29 is 17.2 Å². The monoisotopic (exact) mass is 506 g/mol. The van der Waals surface area contributed by atoms with Crippen molar-refractivity contribution in [3.8, 4) is 22.5 Å². The van der Waals surface area contributed by atoms with E-state index in [1.54, 1.807) is 18.2 Å². The maximum Gasteiger partial charge on any atom is 0.239 e. The van der Waals surface area contributed by atoms with Gasteiger partial charge in [-0.3, -0.25) is 9.62 Å². The number of rotatable bonds is 7. The van der Waals surface area contributed by atoms with Crippen LogP contribution in [0.4, 0.5) is 0 Å². The summed E-state index contributed by atoms with van der Waals surface area (Å²) in [4.78, 5) is 3.92. The SMILES string of the molecule is N=C(N)c1nc2c(-c3ccc(C(CN)S(=O)[O-])c(S(N)(=O)=O)c3-c3nn[nH]n3)cccc2s1. The number of nitrogens with two attached hydrogens (primary N) is 3. The molecule has 0 saturated carbocycles. The van der Waals surface area contributed by atoms with Gasteiger partial charge in [0.15, 0.2) is 10.8 Å². The highest BCUT2D eigenvalue weighted by Gasteiger charge is 2.30. The van der Waals surface area contributed by atoms with Crippen molar-refractivity contribution in [1.29, 1.82) is 5.41 Å². The molecule has 0 bridgehead atoms. The average molecular weight is 507 g/mol. The van der Waals surface area contributed by atoms with E-state index in [0.717, 1.165) is 0 Å². The van der Waals surface area contributed by atoms with Crippen molar-refractivity contribution in [2.75, 3.05) is 6.54 Å². The third-order valence-electron chi connectivity index (χ3n) is 4.77. The highest BCUT2D eigenvalue weighted by molar-refractivity contribution is 7.89. The van der Waals surface area contributed by atoms with Gasteiger partial charge in [0.2, 0.25) is 15.8 Å². The molecule has 0 spiro atoms. The Morgan fingerprint density at radius 1 is 1.27 bits per heavy atom. The Labute approximate surface area is 193 Å². The topological polar surface area (TPSA) is 244 Å². The van der Waals surface area contributed by atoms with Gasteiger partial charge in [-0.1, -0.05) is 24.3 Å². The number of primary sulfonamides is 1. The van der Waals surface area contributed by atoms with Crippen molar-refractivity contribution in [1.82, 2.24) is 25.6 Å². The van der Waals surface area contributed by atoms with Gasteiger partial charge >= 0.3 is 0 Å². The quantitative estimate of drug-likeness (QED) is 0.127.